The Balaban J connectivity index is 2.05. The average Bonchev–Trinajstić information content (AvgIpc) is 2.79. The lowest BCUT2D eigenvalue weighted by molar-refractivity contribution is 0.491. The molecule has 0 bridgehead atoms. The molecule has 1 atom stereocenters. The lowest BCUT2D eigenvalue weighted by Gasteiger charge is -2.19. The molecule has 0 fully saturated rings. The highest BCUT2D eigenvalue weighted by Gasteiger charge is 2.13. The van der Waals surface area contributed by atoms with E-state index in [9.17, 15) is 0 Å². The van der Waals surface area contributed by atoms with Gasteiger partial charge >= 0.3 is 0 Å². The number of hydrogen-bond donors (Lipinski definition) is 1. The molecule has 0 radical (unpaired) electrons. The molecule has 0 saturated carbocycles. The van der Waals surface area contributed by atoms with Crippen molar-refractivity contribution in [2.24, 2.45) is 7.05 Å². The molecule has 1 aromatic carbocycles. The van der Waals surface area contributed by atoms with Crippen molar-refractivity contribution in [3.05, 3.63) is 52.3 Å². The van der Waals surface area contributed by atoms with Crippen LogP contribution in [0.1, 0.15) is 37.1 Å². The van der Waals surface area contributed by atoms with Gasteiger partial charge in [-0.2, -0.15) is 5.10 Å². The lowest BCUT2D eigenvalue weighted by atomic mass is 10.0. The van der Waals surface area contributed by atoms with Crippen LogP contribution in [0.15, 0.2) is 41.0 Å². The van der Waals surface area contributed by atoms with Crippen LogP contribution >= 0.6 is 15.9 Å². The first kappa shape index (κ1) is 15.3. The number of aromatic nitrogens is 2. The van der Waals surface area contributed by atoms with Crippen molar-refractivity contribution < 1.29 is 0 Å². The van der Waals surface area contributed by atoms with E-state index < -0.39 is 0 Å². The van der Waals surface area contributed by atoms with Gasteiger partial charge in [0.15, 0.2) is 0 Å². The number of aryl methyl sites for hydroxylation is 1. The second-order valence-electron chi connectivity index (χ2n) is 5.02. The van der Waals surface area contributed by atoms with Crippen molar-refractivity contribution in [1.82, 2.24) is 15.1 Å². The highest BCUT2D eigenvalue weighted by Crippen LogP contribution is 2.22. The van der Waals surface area contributed by atoms with Crippen molar-refractivity contribution in [2.75, 3.05) is 6.54 Å². The molecule has 2 aromatic rings. The van der Waals surface area contributed by atoms with Gasteiger partial charge in [0.05, 0.1) is 16.4 Å². The number of nitrogens with zero attached hydrogens (tertiary/aromatic N) is 2. The zero-order valence-electron chi connectivity index (χ0n) is 12.1. The highest BCUT2D eigenvalue weighted by molar-refractivity contribution is 9.10. The minimum atomic E-state index is 0.401. The molecule has 0 amide bonds. The Hall–Kier alpha value is -1.13. The van der Waals surface area contributed by atoms with Gasteiger partial charge in [-0.1, -0.05) is 37.3 Å². The highest BCUT2D eigenvalue weighted by atomic mass is 79.9. The Labute approximate surface area is 129 Å². The van der Waals surface area contributed by atoms with Gasteiger partial charge in [0.25, 0.3) is 0 Å². The van der Waals surface area contributed by atoms with Gasteiger partial charge in [-0.25, -0.2) is 0 Å². The number of nitrogens with one attached hydrogen (secondary N) is 1. The molecular formula is C16H22BrN3. The van der Waals surface area contributed by atoms with Crippen LogP contribution in [0.2, 0.25) is 0 Å². The molecule has 108 valence electrons. The second kappa shape index (κ2) is 7.60. The van der Waals surface area contributed by atoms with E-state index in [2.05, 4.69) is 63.6 Å². The molecule has 0 saturated heterocycles. The van der Waals surface area contributed by atoms with E-state index in [4.69, 9.17) is 0 Å². The van der Waals surface area contributed by atoms with Gasteiger partial charge in [0.2, 0.25) is 0 Å². The number of rotatable bonds is 7. The zero-order valence-corrected chi connectivity index (χ0v) is 13.7. The van der Waals surface area contributed by atoms with E-state index in [1.807, 2.05) is 17.9 Å². The summed E-state index contributed by atoms with van der Waals surface area (Å²) in [5.74, 6) is 0. The standard InChI is InChI=1S/C16H22BrN3/c1-3-11-18-15(13-7-5-4-6-8-13)9-10-16-14(17)12-19-20(16)2/h4-8,12,15,18H,3,9-11H2,1-2H3. The molecule has 1 N–H and O–H groups in total. The summed E-state index contributed by atoms with van der Waals surface area (Å²) in [6.45, 7) is 3.25. The first-order valence-corrected chi connectivity index (χ1v) is 7.96. The summed E-state index contributed by atoms with van der Waals surface area (Å²) >= 11 is 3.57. The monoisotopic (exact) mass is 335 g/mol. The topological polar surface area (TPSA) is 29.9 Å². The van der Waals surface area contributed by atoms with Crippen LogP contribution in [0, 0.1) is 0 Å². The lowest BCUT2D eigenvalue weighted by Crippen LogP contribution is -2.23. The molecule has 1 unspecified atom stereocenters. The van der Waals surface area contributed by atoms with Gasteiger partial charge < -0.3 is 5.32 Å². The number of benzene rings is 1. The predicted octanol–water partition coefficient (Wildman–Crippen LogP) is 3.86. The summed E-state index contributed by atoms with van der Waals surface area (Å²) < 4.78 is 3.05. The molecule has 0 spiro atoms. The summed E-state index contributed by atoms with van der Waals surface area (Å²) in [6.07, 6.45) is 5.10. The zero-order chi connectivity index (χ0) is 14.4. The number of halogens is 1. The third-order valence-corrected chi connectivity index (χ3v) is 4.19. The Morgan fingerprint density at radius 3 is 2.65 bits per heavy atom. The Morgan fingerprint density at radius 1 is 1.30 bits per heavy atom. The largest absolute Gasteiger partial charge is 0.310 e. The maximum Gasteiger partial charge on any atom is 0.0635 e. The van der Waals surface area contributed by atoms with Crippen molar-refractivity contribution in [3.63, 3.8) is 0 Å². The molecule has 0 aliphatic carbocycles. The van der Waals surface area contributed by atoms with E-state index in [-0.39, 0.29) is 0 Å². The van der Waals surface area contributed by atoms with Gasteiger partial charge in [-0.3, -0.25) is 4.68 Å². The normalized spacial score (nSPS) is 12.6. The smallest absolute Gasteiger partial charge is 0.0635 e. The SMILES string of the molecule is CCCNC(CCc1c(Br)cnn1C)c1ccccc1. The molecule has 3 nitrogen and oxygen atoms in total. The van der Waals surface area contributed by atoms with E-state index in [0.717, 1.165) is 30.3 Å². The van der Waals surface area contributed by atoms with E-state index in [1.54, 1.807) is 0 Å². The van der Waals surface area contributed by atoms with Crippen molar-refractivity contribution >= 4 is 15.9 Å². The minimum Gasteiger partial charge on any atom is -0.310 e. The predicted molar refractivity (Wildman–Crippen MR) is 86.7 cm³/mol. The van der Waals surface area contributed by atoms with Crippen LogP contribution in [0.25, 0.3) is 0 Å². The molecule has 1 heterocycles. The first-order chi connectivity index (χ1) is 9.72. The summed E-state index contributed by atoms with van der Waals surface area (Å²) in [4.78, 5) is 0. The minimum absolute atomic E-state index is 0.401. The summed E-state index contributed by atoms with van der Waals surface area (Å²) in [5.41, 5.74) is 2.61. The van der Waals surface area contributed by atoms with Crippen LogP contribution in [0.3, 0.4) is 0 Å². The second-order valence-corrected chi connectivity index (χ2v) is 5.87. The average molecular weight is 336 g/mol. The molecule has 20 heavy (non-hydrogen) atoms. The van der Waals surface area contributed by atoms with Crippen LogP contribution in [-0.4, -0.2) is 16.3 Å². The number of hydrogen-bond acceptors (Lipinski definition) is 2. The van der Waals surface area contributed by atoms with E-state index in [1.165, 1.54) is 11.3 Å². The van der Waals surface area contributed by atoms with Crippen LogP contribution in [0.4, 0.5) is 0 Å². The molecular weight excluding hydrogens is 314 g/mol. The Bertz CT molecular complexity index is 502. The maximum atomic E-state index is 4.28. The third-order valence-electron chi connectivity index (χ3n) is 3.52. The maximum absolute atomic E-state index is 4.28. The fourth-order valence-electron chi connectivity index (χ4n) is 2.39. The summed E-state index contributed by atoms with van der Waals surface area (Å²) in [6, 6.07) is 11.1. The summed E-state index contributed by atoms with van der Waals surface area (Å²) in [5, 5.41) is 7.92. The molecule has 0 aliphatic heterocycles. The van der Waals surface area contributed by atoms with Gasteiger partial charge in [-0.05, 0) is 47.3 Å². The van der Waals surface area contributed by atoms with Crippen LogP contribution in [-0.2, 0) is 13.5 Å². The van der Waals surface area contributed by atoms with Crippen molar-refractivity contribution in [1.29, 1.82) is 0 Å². The summed E-state index contributed by atoms with van der Waals surface area (Å²) in [7, 11) is 2.00. The van der Waals surface area contributed by atoms with Crippen molar-refractivity contribution in [3.8, 4) is 0 Å². The van der Waals surface area contributed by atoms with Gasteiger partial charge in [-0.15, -0.1) is 0 Å². The quantitative estimate of drug-likeness (QED) is 0.832. The van der Waals surface area contributed by atoms with Crippen LogP contribution in [0.5, 0.6) is 0 Å². The fraction of sp³-hybridized carbons (Fsp3) is 0.438. The van der Waals surface area contributed by atoms with Crippen LogP contribution < -0.4 is 5.32 Å². The Kier molecular flexibility index (Phi) is 5.80. The van der Waals surface area contributed by atoms with E-state index in [0.29, 0.717) is 6.04 Å². The van der Waals surface area contributed by atoms with Gasteiger partial charge in [0, 0.05) is 13.1 Å². The third kappa shape index (κ3) is 3.93. The first-order valence-electron chi connectivity index (χ1n) is 7.17. The van der Waals surface area contributed by atoms with Crippen molar-refractivity contribution in [2.45, 2.75) is 32.2 Å². The molecule has 2 rings (SSSR count). The molecule has 4 heteroatoms. The van der Waals surface area contributed by atoms with E-state index >= 15 is 0 Å². The fourth-order valence-corrected chi connectivity index (χ4v) is 2.94. The van der Waals surface area contributed by atoms with Gasteiger partial charge in [0.1, 0.15) is 0 Å². The Morgan fingerprint density at radius 2 is 2.05 bits per heavy atom. The molecule has 1 aromatic heterocycles. The molecule has 0 aliphatic rings.